The molecule has 0 N–H and O–H groups in total. The molecule has 1 heterocycles. The van der Waals surface area contributed by atoms with E-state index in [0.717, 1.165) is 0 Å². The Morgan fingerprint density at radius 2 is 1.58 bits per heavy atom. The van der Waals surface area contributed by atoms with Crippen LogP contribution in [0.3, 0.4) is 0 Å². The lowest BCUT2D eigenvalue weighted by atomic mass is 10.2. The van der Waals surface area contributed by atoms with Gasteiger partial charge in [-0.25, -0.2) is 0 Å². The van der Waals surface area contributed by atoms with Gasteiger partial charge in [-0.2, -0.15) is 0 Å². The molecule has 2 heteroatoms. The van der Waals surface area contributed by atoms with Gasteiger partial charge in [0.05, 0.1) is 8.07 Å². The van der Waals surface area contributed by atoms with E-state index in [1.165, 1.54) is 16.5 Å². The highest BCUT2D eigenvalue weighted by Gasteiger charge is 2.35. The fourth-order valence-corrected chi connectivity index (χ4v) is 5.63. The number of thiophene rings is 1. The topological polar surface area (TPSA) is 0 Å². The summed E-state index contributed by atoms with van der Waals surface area (Å²) < 4.78 is 0. The lowest BCUT2D eigenvalue weighted by molar-refractivity contribution is 0.714. The van der Waals surface area contributed by atoms with Gasteiger partial charge >= 0.3 is 0 Å². The number of rotatable bonds is 3. The Bertz CT molecular complexity index is 532. The van der Waals surface area contributed by atoms with Crippen molar-refractivity contribution in [3.63, 3.8) is 0 Å². The van der Waals surface area contributed by atoms with Crippen molar-refractivity contribution in [2.45, 2.75) is 44.9 Å². The predicted octanol–water partition coefficient (Wildman–Crippen LogP) is 6.01. The van der Waals surface area contributed by atoms with Crippen LogP contribution in [-0.4, -0.2) is 8.07 Å². The second-order valence-electron chi connectivity index (χ2n) is 6.94. The van der Waals surface area contributed by atoms with Crippen molar-refractivity contribution in [3.8, 4) is 10.4 Å². The van der Waals surface area contributed by atoms with Gasteiger partial charge in [0.25, 0.3) is 0 Å². The molecule has 0 bridgehead atoms. The third-order valence-corrected chi connectivity index (χ3v) is 11.1. The molecule has 2 rings (SSSR count). The second kappa shape index (κ2) is 5.26. The van der Waals surface area contributed by atoms with Crippen molar-refractivity contribution in [1.29, 1.82) is 0 Å². The highest BCUT2D eigenvalue weighted by molar-refractivity contribution is 7.16. The van der Waals surface area contributed by atoms with E-state index in [2.05, 4.69) is 76.3 Å². The zero-order valence-corrected chi connectivity index (χ0v) is 14.5. The molecule has 1 aromatic heterocycles. The Balaban J connectivity index is 2.19. The van der Waals surface area contributed by atoms with Gasteiger partial charge in [-0.3, -0.25) is 0 Å². The molecular weight excluding hydrogens is 264 g/mol. The Kier molecular flexibility index (Phi) is 4.02. The van der Waals surface area contributed by atoms with Crippen LogP contribution in [0.5, 0.6) is 0 Å². The van der Waals surface area contributed by atoms with Gasteiger partial charge in [0.15, 0.2) is 0 Å². The average molecular weight is 289 g/mol. The van der Waals surface area contributed by atoms with Crippen LogP contribution in [0.25, 0.3) is 10.4 Å². The summed E-state index contributed by atoms with van der Waals surface area (Å²) in [4.78, 5) is 2.94. The summed E-state index contributed by atoms with van der Waals surface area (Å²) in [5, 5.41) is 0.462. The second-order valence-corrected chi connectivity index (χ2v) is 13.7. The van der Waals surface area contributed by atoms with Gasteiger partial charge in [-0.1, -0.05) is 64.2 Å². The highest BCUT2D eigenvalue weighted by atomic mass is 32.1. The minimum absolute atomic E-state index is 0.462. The first-order valence-electron chi connectivity index (χ1n) is 6.94. The fourth-order valence-electron chi connectivity index (χ4n) is 1.93. The van der Waals surface area contributed by atoms with E-state index in [1.54, 1.807) is 4.88 Å². The van der Waals surface area contributed by atoms with Gasteiger partial charge in [0.2, 0.25) is 0 Å². The fraction of sp³-hybridized carbons (Fsp3) is 0.412. The molecule has 0 spiro atoms. The monoisotopic (exact) mass is 288 g/mol. The van der Waals surface area contributed by atoms with Crippen LogP contribution in [0.15, 0.2) is 42.5 Å². The van der Waals surface area contributed by atoms with Crippen LogP contribution in [0.1, 0.15) is 25.6 Å². The summed E-state index contributed by atoms with van der Waals surface area (Å²) in [5.41, 5.74) is 1.34. The first-order valence-corrected chi connectivity index (χ1v) is 11.0. The quantitative estimate of drug-likeness (QED) is 0.607. The van der Waals surface area contributed by atoms with Crippen LogP contribution >= 0.6 is 11.3 Å². The van der Waals surface area contributed by atoms with E-state index in [0.29, 0.717) is 5.04 Å². The van der Waals surface area contributed by atoms with E-state index in [4.69, 9.17) is 0 Å². The van der Waals surface area contributed by atoms with Gasteiger partial charge in [-0.05, 0) is 28.8 Å². The Hall–Kier alpha value is -0.863. The maximum absolute atomic E-state index is 2.51. The molecule has 0 aliphatic rings. The Labute approximate surface area is 122 Å². The number of hydrogen-bond acceptors (Lipinski definition) is 1. The molecule has 0 atom stereocenters. The molecule has 0 aliphatic carbocycles. The smallest absolute Gasteiger partial charge is 0.0580 e. The molecule has 0 aliphatic heterocycles. The van der Waals surface area contributed by atoms with Crippen molar-refractivity contribution in [3.05, 3.63) is 47.3 Å². The first-order chi connectivity index (χ1) is 8.79. The van der Waals surface area contributed by atoms with Gasteiger partial charge in [-0.15, -0.1) is 11.3 Å². The van der Waals surface area contributed by atoms with Crippen LogP contribution in [0.4, 0.5) is 0 Å². The molecule has 2 aromatic rings. The van der Waals surface area contributed by atoms with Crippen molar-refractivity contribution in [2.75, 3.05) is 0 Å². The average Bonchev–Trinajstić information content (AvgIpc) is 2.76. The minimum atomic E-state index is -1.22. The first kappa shape index (κ1) is 14.5. The summed E-state index contributed by atoms with van der Waals surface area (Å²) in [5.74, 6) is 0. The van der Waals surface area contributed by atoms with Crippen LogP contribution in [-0.2, 0) is 6.04 Å². The van der Waals surface area contributed by atoms with Crippen LogP contribution in [0, 0.1) is 0 Å². The SMILES string of the molecule is CC(C)(C)[Si](C)(C)Cc1ccc(-c2ccccc2)s1. The molecular formula is C17H24SSi. The van der Waals surface area contributed by atoms with Crippen LogP contribution in [0.2, 0.25) is 18.1 Å². The van der Waals surface area contributed by atoms with E-state index in [-0.39, 0.29) is 0 Å². The predicted molar refractivity (Wildman–Crippen MR) is 90.7 cm³/mol. The lowest BCUT2D eigenvalue weighted by Gasteiger charge is -2.36. The standard InChI is InChI=1S/C17H24SSi/c1-17(2,3)19(4,5)13-15-11-12-16(18-15)14-9-7-6-8-10-14/h6-12H,13H2,1-5H3. The summed E-state index contributed by atoms with van der Waals surface area (Å²) in [6.45, 7) is 12.2. The van der Waals surface area contributed by atoms with Gasteiger partial charge in [0.1, 0.15) is 0 Å². The van der Waals surface area contributed by atoms with Gasteiger partial charge < -0.3 is 0 Å². The summed E-state index contributed by atoms with van der Waals surface area (Å²) in [6.07, 6.45) is 0. The maximum atomic E-state index is 2.51. The molecule has 1 aromatic carbocycles. The van der Waals surface area contributed by atoms with Gasteiger partial charge in [0, 0.05) is 9.75 Å². The van der Waals surface area contributed by atoms with Crippen molar-refractivity contribution in [1.82, 2.24) is 0 Å². The normalized spacial score (nSPS) is 12.7. The number of benzene rings is 1. The summed E-state index contributed by atoms with van der Waals surface area (Å²) in [7, 11) is -1.22. The molecule has 0 nitrogen and oxygen atoms in total. The third kappa shape index (κ3) is 3.37. The molecule has 102 valence electrons. The van der Waals surface area contributed by atoms with E-state index >= 15 is 0 Å². The van der Waals surface area contributed by atoms with Crippen molar-refractivity contribution >= 4 is 19.4 Å². The zero-order valence-electron chi connectivity index (χ0n) is 12.7. The largest absolute Gasteiger partial charge is 0.141 e. The lowest BCUT2D eigenvalue weighted by Crippen LogP contribution is -2.39. The van der Waals surface area contributed by atoms with E-state index in [9.17, 15) is 0 Å². The third-order valence-electron chi connectivity index (χ3n) is 4.37. The maximum Gasteiger partial charge on any atom is 0.0580 e. The molecule has 0 unspecified atom stereocenters. The Morgan fingerprint density at radius 1 is 0.947 bits per heavy atom. The molecule has 0 amide bonds. The zero-order chi connectivity index (χ0) is 14.1. The summed E-state index contributed by atoms with van der Waals surface area (Å²) >= 11 is 1.96. The molecule has 0 saturated heterocycles. The Morgan fingerprint density at radius 3 is 2.16 bits per heavy atom. The molecule has 0 saturated carbocycles. The molecule has 0 fully saturated rings. The van der Waals surface area contributed by atoms with E-state index in [1.807, 2.05) is 11.3 Å². The van der Waals surface area contributed by atoms with Crippen molar-refractivity contribution < 1.29 is 0 Å². The van der Waals surface area contributed by atoms with Crippen LogP contribution < -0.4 is 0 Å². The molecule has 0 radical (unpaired) electrons. The highest BCUT2D eigenvalue weighted by Crippen LogP contribution is 2.39. The van der Waals surface area contributed by atoms with Crippen molar-refractivity contribution in [2.24, 2.45) is 0 Å². The molecule has 19 heavy (non-hydrogen) atoms. The number of hydrogen-bond donors (Lipinski definition) is 0. The van der Waals surface area contributed by atoms with E-state index < -0.39 is 8.07 Å². The summed E-state index contributed by atoms with van der Waals surface area (Å²) in [6, 6.07) is 16.6. The minimum Gasteiger partial charge on any atom is -0.141 e.